The van der Waals surface area contributed by atoms with Crippen LogP contribution in [-0.2, 0) is 27.5 Å². The van der Waals surface area contributed by atoms with Crippen molar-refractivity contribution in [2.75, 3.05) is 45.8 Å². The standard InChI is InChI=1S/C24H31N3O8.2ClH.2H2O/c28-20-7-3-1-5-18(20)13-26(16-23(32)33)11-9-25(15-22(30)31)10-12-27(17-24(34)35)14-19-6-2-4-8-21(19)29;;;;/h1-8,28-29H,9-17H2,(H,30,31)(H,32,33)(H,34,35);2*1H;2*1H2. The monoisotopic (exact) mass is 597 g/mol. The van der Waals surface area contributed by atoms with Crippen molar-refractivity contribution in [2.45, 2.75) is 13.1 Å². The highest BCUT2D eigenvalue weighted by Crippen LogP contribution is 2.19. The van der Waals surface area contributed by atoms with Crippen molar-refractivity contribution in [3.63, 3.8) is 0 Å². The van der Waals surface area contributed by atoms with Gasteiger partial charge < -0.3 is 36.5 Å². The molecule has 0 saturated carbocycles. The van der Waals surface area contributed by atoms with Crippen molar-refractivity contribution in [3.05, 3.63) is 59.7 Å². The predicted molar refractivity (Wildman–Crippen MR) is 148 cm³/mol. The molecule has 0 bridgehead atoms. The molecule has 222 valence electrons. The van der Waals surface area contributed by atoms with Crippen molar-refractivity contribution in [1.82, 2.24) is 14.7 Å². The molecule has 9 N–H and O–H groups in total. The van der Waals surface area contributed by atoms with E-state index < -0.39 is 17.9 Å². The molecule has 0 atom stereocenters. The van der Waals surface area contributed by atoms with Gasteiger partial charge in [0.2, 0.25) is 0 Å². The first kappa shape index (κ1) is 40.3. The summed E-state index contributed by atoms with van der Waals surface area (Å²) >= 11 is 0. The molecule has 0 unspecified atom stereocenters. The number of nitrogens with zero attached hydrogens (tertiary/aromatic N) is 3. The van der Waals surface area contributed by atoms with Crippen LogP contribution in [0.2, 0.25) is 0 Å². The van der Waals surface area contributed by atoms with E-state index in [1.54, 1.807) is 51.1 Å². The number of carboxylic acids is 3. The maximum Gasteiger partial charge on any atom is 0.317 e. The van der Waals surface area contributed by atoms with Crippen LogP contribution in [0.15, 0.2) is 48.5 Å². The van der Waals surface area contributed by atoms with E-state index in [0.717, 1.165) is 0 Å². The van der Waals surface area contributed by atoms with E-state index in [9.17, 15) is 39.9 Å². The molecule has 2 aromatic rings. The molecule has 2 aromatic carbocycles. The van der Waals surface area contributed by atoms with Crippen LogP contribution in [0.4, 0.5) is 0 Å². The molecule has 0 fully saturated rings. The molecule has 0 heterocycles. The minimum absolute atomic E-state index is 0. The Kier molecular flexibility index (Phi) is 21.5. The van der Waals surface area contributed by atoms with Gasteiger partial charge in [-0.15, -0.1) is 24.8 Å². The van der Waals surface area contributed by atoms with Crippen molar-refractivity contribution >= 4 is 42.7 Å². The maximum absolute atomic E-state index is 11.4. The summed E-state index contributed by atoms with van der Waals surface area (Å²) in [5.74, 6) is -3.10. The van der Waals surface area contributed by atoms with Gasteiger partial charge in [0.25, 0.3) is 0 Å². The van der Waals surface area contributed by atoms with E-state index >= 15 is 0 Å². The fourth-order valence-electron chi connectivity index (χ4n) is 3.61. The van der Waals surface area contributed by atoms with E-state index in [0.29, 0.717) is 11.1 Å². The molecule has 39 heavy (non-hydrogen) atoms. The highest BCUT2D eigenvalue weighted by atomic mass is 35.5. The van der Waals surface area contributed by atoms with Crippen LogP contribution in [0.1, 0.15) is 11.1 Å². The topological polar surface area (TPSA) is 225 Å². The van der Waals surface area contributed by atoms with E-state index in [1.165, 1.54) is 12.1 Å². The van der Waals surface area contributed by atoms with Crippen LogP contribution in [0.25, 0.3) is 0 Å². The van der Waals surface area contributed by atoms with Crippen molar-refractivity contribution in [2.24, 2.45) is 0 Å². The van der Waals surface area contributed by atoms with Crippen molar-refractivity contribution in [3.8, 4) is 11.5 Å². The summed E-state index contributed by atoms with van der Waals surface area (Å²) in [6, 6.07) is 13.2. The Bertz CT molecular complexity index is 944. The summed E-state index contributed by atoms with van der Waals surface area (Å²) in [5, 5.41) is 47.9. The fourth-order valence-corrected chi connectivity index (χ4v) is 3.61. The number of aromatic hydroxyl groups is 2. The minimum Gasteiger partial charge on any atom is -0.508 e. The lowest BCUT2D eigenvalue weighted by Gasteiger charge is -2.28. The number of halogens is 2. The summed E-state index contributed by atoms with van der Waals surface area (Å²) in [5.41, 5.74) is 1.10. The zero-order chi connectivity index (χ0) is 25.8. The molecule has 0 amide bonds. The number of phenols is 2. The minimum atomic E-state index is -1.07. The van der Waals surface area contributed by atoms with E-state index in [4.69, 9.17) is 0 Å². The first-order valence-corrected chi connectivity index (χ1v) is 11.0. The van der Waals surface area contributed by atoms with E-state index in [2.05, 4.69) is 0 Å². The smallest absolute Gasteiger partial charge is 0.317 e. The number of hydrogen-bond acceptors (Lipinski definition) is 8. The van der Waals surface area contributed by atoms with Gasteiger partial charge in [0, 0.05) is 50.4 Å². The highest BCUT2D eigenvalue weighted by molar-refractivity contribution is 5.85. The molecule has 0 radical (unpaired) electrons. The normalized spacial score (nSPS) is 10.1. The van der Waals surface area contributed by atoms with Gasteiger partial charge in [0.05, 0.1) is 19.6 Å². The Hall–Kier alpha value is -3.17. The Morgan fingerprint density at radius 1 is 0.538 bits per heavy atom. The average molecular weight is 598 g/mol. The first-order chi connectivity index (χ1) is 16.6. The van der Waals surface area contributed by atoms with Crippen LogP contribution in [0.3, 0.4) is 0 Å². The number of phenolic OH excluding ortho intramolecular Hbond substituents is 2. The van der Waals surface area contributed by atoms with Gasteiger partial charge in [-0.1, -0.05) is 36.4 Å². The Morgan fingerprint density at radius 2 is 0.821 bits per heavy atom. The van der Waals surface area contributed by atoms with Crippen molar-refractivity contribution in [1.29, 1.82) is 0 Å². The molecule has 0 spiro atoms. The molecule has 0 aliphatic heterocycles. The second kappa shape index (κ2) is 20.7. The van der Waals surface area contributed by atoms with Crippen LogP contribution >= 0.6 is 24.8 Å². The Labute approximate surface area is 238 Å². The summed E-state index contributed by atoms with van der Waals surface area (Å²) < 4.78 is 0. The van der Waals surface area contributed by atoms with Gasteiger partial charge in [-0.25, -0.2) is 0 Å². The van der Waals surface area contributed by atoms with Gasteiger partial charge in [-0.2, -0.15) is 0 Å². The molecular weight excluding hydrogens is 561 g/mol. The highest BCUT2D eigenvalue weighted by Gasteiger charge is 2.18. The largest absolute Gasteiger partial charge is 0.508 e. The lowest BCUT2D eigenvalue weighted by atomic mass is 10.2. The average Bonchev–Trinajstić information content (AvgIpc) is 2.77. The fraction of sp³-hybridized carbons (Fsp3) is 0.375. The number of rotatable bonds is 16. The number of carbonyl (C=O) groups is 3. The summed E-state index contributed by atoms with van der Waals surface area (Å²) in [6.45, 7) is 0.279. The maximum atomic E-state index is 11.4. The summed E-state index contributed by atoms with van der Waals surface area (Å²) in [6.07, 6.45) is 0. The van der Waals surface area contributed by atoms with Gasteiger partial charge >= 0.3 is 17.9 Å². The molecule has 0 saturated heterocycles. The Balaban J connectivity index is -0.00000324. The van der Waals surface area contributed by atoms with Crippen LogP contribution in [0, 0.1) is 0 Å². The van der Waals surface area contributed by atoms with Crippen LogP contribution in [0.5, 0.6) is 11.5 Å². The molecule has 2 rings (SSSR count). The number of para-hydroxylation sites is 2. The quantitative estimate of drug-likeness (QED) is 0.175. The van der Waals surface area contributed by atoms with Crippen LogP contribution < -0.4 is 0 Å². The third-order valence-electron chi connectivity index (χ3n) is 5.31. The second-order valence-corrected chi connectivity index (χ2v) is 8.14. The Morgan fingerprint density at radius 3 is 1.13 bits per heavy atom. The lowest BCUT2D eigenvalue weighted by molar-refractivity contribution is -0.140. The first-order valence-electron chi connectivity index (χ1n) is 11.0. The zero-order valence-corrected chi connectivity index (χ0v) is 22.7. The van der Waals surface area contributed by atoms with Gasteiger partial charge in [0.1, 0.15) is 11.5 Å². The third kappa shape index (κ3) is 15.7. The van der Waals surface area contributed by atoms with Gasteiger partial charge in [-0.3, -0.25) is 29.1 Å². The molecule has 15 heteroatoms. The SMILES string of the molecule is Cl.Cl.O.O.O=C(O)CN(CCN(CC(=O)O)Cc1ccccc1O)CCN(CC(=O)O)Cc1ccccc1O. The van der Waals surface area contributed by atoms with Crippen LogP contribution in [-0.4, -0.2) is 115 Å². The zero-order valence-electron chi connectivity index (χ0n) is 21.1. The van der Waals surface area contributed by atoms with Gasteiger partial charge in [0.15, 0.2) is 0 Å². The lowest BCUT2D eigenvalue weighted by Crippen LogP contribution is -2.43. The summed E-state index contributed by atoms with van der Waals surface area (Å²) in [7, 11) is 0. The number of carboxylic acid groups (broad SMARTS) is 3. The third-order valence-corrected chi connectivity index (χ3v) is 5.31. The molecule has 13 nitrogen and oxygen atoms in total. The van der Waals surface area contributed by atoms with E-state index in [-0.39, 0.29) is 106 Å². The number of hydrogen-bond donors (Lipinski definition) is 5. The van der Waals surface area contributed by atoms with Gasteiger partial charge in [-0.05, 0) is 12.1 Å². The molecule has 0 aliphatic rings. The number of benzene rings is 2. The van der Waals surface area contributed by atoms with E-state index in [1.807, 2.05) is 0 Å². The molecule has 0 aromatic heterocycles. The predicted octanol–water partition coefficient (Wildman–Crippen LogP) is 0.152. The molecule has 0 aliphatic carbocycles. The van der Waals surface area contributed by atoms with Crippen molar-refractivity contribution < 1.29 is 50.9 Å². The second-order valence-electron chi connectivity index (χ2n) is 8.14. The summed E-state index contributed by atoms with van der Waals surface area (Å²) in [4.78, 5) is 38.8. The molecular formula is C24H37Cl2N3O10. The number of aliphatic carboxylic acids is 3.